The van der Waals surface area contributed by atoms with Gasteiger partial charge in [-0.25, -0.2) is 4.39 Å². The molecule has 130 valence electrons. The zero-order valence-corrected chi connectivity index (χ0v) is 14.6. The van der Waals surface area contributed by atoms with Gasteiger partial charge in [0.25, 0.3) is 0 Å². The lowest BCUT2D eigenvalue weighted by Crippen LogP contribution is -2.13. The third kappa shape index (κ3) is 5.89. The lowest BCUT2D eigenvalue weighted by molar-refractivity contribution is 0.302. The van der Waals surface area contributed by atoms with Gasteiger partial charge < -0.3 is 10.1 Å². The summed E-state index contributed by atoms with van der Waals surface area (Å²) in [6, 6.07) is 24.7. The van der Waals surface area contributed by atoms with E-state index in [2.05, 4.69) is 23.5 Å². The van der Waals surface area contributed by atoms with E-state index in [-0.39, 0.29) is 18.2 Å². The Morgan fingerprint density at radius 1 is 0.720 bits per heavy atom. The Hall–Kier alpha value is -2.36. The van der Waals surface area contributed by atoms with Crippen molar-refractivity contribution in [2.75, 3.05) is 0 Å². The van der Waals surface area contributed by atoms with Crippen LogP contribution in [0.5, 0.6) is 5.75 Å². The maximum atomic E-state index is 12.9. The van der Waals surface area contributed by atoms with Gasteiger partial charge in [-0.2, -0.15) is 0 Å². The van der Waals surface area contributed by atoms with E-state index in [1.54, 1.807) is 12.1 Å². The molecule has 0 aromatic heterocycles. The third-order valence-corrected chi connectivity index (χ3v) is 3.77. The van der Waals surface area contributed by atoms with Gasteiger partial charge in [-0.1, -0.05) is 60.7 Å². The van der Waals surface area contributed by atoms with Gasteiger partial charge in [0.2, 0.25) is 0 Å². The van der Waals surface area contributed by atoms with Crippen molar-refractivity contribution in [1.82, 2.24) is 5.32 Å². The van der Waals surface area contributed by atoms with Crippen LogP contribution in [0.4, 0.5) is 4.39 Å². The summed E-state index contributed by atoms with van der Waals surface area (Å²) in [7, 11) is 0. The van der Waals surface area contributed by atoms with Crippen molar-refractivity contribution < 1.29 is 9.13 Å². The first-order valence-electron chi connectivity index (χ1n) is 8.01. The average molecular weight is 358 g/mol. The van der Waals surface area contributed by atoms with Crippen LogP contribution >= 0.6 is 12.4 Å². The number of benzene rings is 3. The Labute approximate surface area is 154 Å². The van der Waals surface area contributed by atoms with Gasteiger partial charge in [0, 0.05) is 18.7 Å². The third-order valence-electron chi connectivity index (χ3n) is 3.77. The Morgan fingerprint density at radius 3 is 2.16 bits per heavy atom. The van der Waals surface area contributed by atoms with Crippen LogP contribution < -0.4 is 10.1 Å². The second-order valence-electron chi connectivity index (χ2n) is 5.61. The molecule has 3 rings (SSSR count). The van der Waals surface area contributed by atoms with E-state index < -0.39 is 0 Å². The first kappa shape index (κ1) is 19.0. The largest absolute Gasteiger partial charge is 0.489 e. The van der Waals surface area contributed by atoms with Crippen molar-refractivity contribution in [3.63, 3.8) is 0 Å². The van der Waals surface area contributed by atoms with Gasteiger partial charge in [0.15, 0.2) is 0 Å². The van der Waals surface area contributed by atoms with Crippen LogP contribution in [0.15, 0.2) is 78.9 Å². The van der Waals surface area contributed by atoms with Gasteiger partial charge in [-0.3, -0.25) is 0 Å². The van der Waals surface area contributed by atoms with Crippen LogP contribution in [-0.4, -0.2) is 0 Å². The number of halogens is 2. The van der Waals surface area contributed by atoms with Gasteiger partial charge in [-0.05, 0) is 29.3 Å². The molecule has 25 heavy (non-hydrogen) atoms. The molecule has 0 spiro atoms. The molecular weight excluding hydrogens is 337 g/mol. The minimum Gasteiger partial charge on any atom is -0.489 e. The Bertz CT molecular complexity index is 762. The molecule has 0 heterocycles. The molecule has 0 amide bonds. The van der Waals surface area contributed by atoms with Crippen LogP contribution in [0.25, 0.3) is 0 Å². The van der Waals surface area contributed by atoms with E-state index in [4.69, 9.17) is 4.74 Å². The second-order valence-corrected chi connectivity index (χ2v) is 5.61. The average Bonchev–Trinajstić information content (AvgIpc) is 2.63. The standard InChI is InChI=1S/C21H20FNO.ClH/c22-20-12-10-17(11-13-20)14-23-15-19-8-4-5-9-21(19)24-16-18-6-2-1-3-7-18;/h1-13,23H,14-16H2;1H. The highest BCUT2D eigenvalue weighted by Crippen LogP contribution is 2.19. The maximum absolute atomic E-state index is 12.9. The normalized spacial score (nSPS) is 10.1. The minimum atomic E-state index is -0.210. The number of nitrogens with one attached hydrogen (secondary N) is 1. The fraction of sp³-hybridized carbons (Fsp3) is 0.143. The van der Waals surface area contributed by atoms with Gasteiger partial charge in [0.1, 0.15) is 18.2 Å². The van der Waals surface area contributed by atoms with Crippen LogP contribution in [-0.2, 0) is 19.7 Å². The molecule has 3 aromatic carbocycles. The summed E-state index contributed by atoms with van der Waals surface area (Å²) >= 11 is 0. The van der Waals surface area contributed by atoms with E-state index in [0.29, 0.717) is 19.7 Å². The van der Waals surface area contributed by atoms with Crippen LogP contribution in [0.1, 0.15) is 16.7 Å². The fourth-order valence-corrected chi connectivity index (χ4v) is 2.47. The van der Waals surface area contributed by atoms with Crippen LogP contribution in [0, 0.1) is 5.82 Å². The van der Waals surface area contributed by atoms with Gasteiger partial charge in [-0.15, -0.1) is 12.4 Å². The number of hydrogen-bond acceptors (Lipinski definition) is 2. The predicted molar refractivity (Wildman–Crippen MR) is 101 cm³/mol. The Kier molecular flexibility index (Phi) is 7.45. The number of rotatable bonds is 7. The van der Waals surface area contributed by atoms with E-state index in [1.807, 2.05) is 36.4 Å². The van der Waals surface area contributed by atoms with E-state index >= 15 is 0 Å². The molecule has 0 fully saturated rings. The molecule has 1 N–H and O–H groups in total. The lowest BCUT2D eigenvalue weighted by atomic mass is 10.2. The number of ether oxygens (including phenoxy) is 1. The Morgan fingerprint density at radius 2 is 1.40 bits per heavy atom. The molecule has 0 bridgehead atoms. The first-order chi connectivity index (χ1) is 11.8. The summed E-state index contributed by atoms with van der Waals surface area (Å²) in [5.74, 6) is 0.673. The van der Waals surface area contributed by atoms with Crippen molar-refractivity contribution in [3.05, 3.63) is 101 Å². The summed E-state index contributed by atoms with van der Waals surface area (Å²) in [5, 5.41) is 3.37. The molecule has 0 unspecified atom stereocenters. The fourth-order valence-electron chi connectivity index (χ4n) is 2.47. The summed E-state index contributed by atoms with van der Waals surface area (Å²) in [6.07, 6.45) is 0. The van der Waals surface area contributed by atoms with Crippen LogP contribution in [0.3, 0.4) is 0 Å². The van der Waals surface area contributed by atoms with Crippen molar-refractivity contribution in [2.24, 2.45) is 0 Å². The highest BCUT2D eigenvalue weighted by molar-refractivity contribution is 5.85. The molecule has 0 atom stereocenters. The molecule has 3 aromatic rings. The zero-order valence-electron chi connectivity index (χ0n) is 13.8. The van der Waals surface area contributed by atoms with Crippen molar-refractivity contribution in [1.29, 1.82) is 0 Å². The topological polar surface area (TPSA) is 21.3 Å². The molecule has 4 heteroatoms. The summed E-state index contributed by atoms with van der Waals surface area (Å²) < 4.78 is 18.9. The van der Waals surface area contributed by atoms with Crippen LogP contribution in [0.2, 0.25) is 0 Å². The molecular formula is C21H21ClFNO. The van der Waals surface area contributed by atoms with Gasteiger partial charge in [0.05, 0.1) is 0 Å². The molecule has 0 saturated heterocycles. The van der Waals surface area contributed by atoms with E-state index in [0.717, 1.165) is 22.4 Å². The van der Waals surface area contributed by atoms with E-state index in [9.17, 15) is 4.39 Å². The quantitative estimate of drug-likeness (QED) is 0.634. The first-order valence-corrected chi connectivity index (χ1v) is 8.01. The zero-order chi connectivity index (χ0) is 16.6. The summed E-state index contributed by atoms with van der Waals surface area (Å²) in [4.78, 5) is 0. The monoisotopic (exact) mass is 357 g/mol. The van der Waals surface area contributed by atoms with Gasteiger partial charge >= 0.3 is 0 Å². The minimum absolute atomic E-state index is 0. The summed E-state index contributed by atoms with van der Waals surface area (Å²) in [5.41, 5.74) is 3.31. The predicted octanol–water partition coefficient (Wildman–Crippen LogP) is 5.12. The Balaban J connectivity index is 0.00000225. The highest BCUT2D eigenvalue weighted by Gasteiger charge is 2.03. The second kappa shape index (κ2) is 9.82. The maximum Gasteiger partial charge on any atom is 0.124 e. The molecule has 0 aliphatic rings. The van der Waals surface area contributed by atoms with Crippen molar-refractivity contribution in [3.8, 4) is 5.75 Å². The molecule has 0 saturated carbocycles. The van der Waals surface area contributed by atoms with E-state index in [1.165, 1.54) is 12.1 Å². The molecule has 0 aliphatic heterocycles. The lowest BCUT2D eigenvalue weighted by Gasteiger charge is -2.12. The summed E-state index contributed by atoms with van der Waals surface area (Å²) in [6.45, 7) is 1.94. The van der Waals surface area contributed by atoms with Crippen molar-refractivity contribution in [2.45, 2.75) is 19.7 Å². The SMILES string of the molecule is Cl.Fc1ccc(CNCc2ccccc2OCc2ccccc2)cc1. The smallest absolute Gasteiger partial charge is 0.124 e. The molecule has 0 radical (unpaired) electrons. The number of hydrogen-bond donors (Lipinski definition) is 1. The molecule has 2 nitrogen and oxygen atoms in total. The highest BCUT2D eigenvalue weighted by atomic mass is 35.5. The van der Waals surface area contributed by atoms with Crippen molar-refractivity contribution >= 4 is 12.4 Å². The number of para-hydroxylation sites is 1. The molecule has 0 aliphatic carbocycles.